The molecule has 1 atom stereocenters. The van der Waals surface area contributed by atoms with Gasteiger partial charge in [-0.15, -0.1) is 0 Å². The third kappa shape index (κ3) is 3.96. The zero-order valence-corrected chi connectivity index (χ0v) is 13.4. The molecule has 0 aliphatic carbocycles. The lowest BCUT2D eigenvalue weighted by Gasteiger charge is -2.37. The molecule has 2 aliphatic heterocycles. The Morgan fingerprint density at radius 3 is 2.96 bits per heavy atom. The summed E-state index contributed by atoms with van der Waals surface area (Å²) in [6.45, 7) is 4.18. The Morgan fingerprint density at radius 2 is 2.30 bits per heavy atom. The largest absolute Gasteiger partial charge is 0.381 e. The fourth-order valence-electron chi connectivity index (χ4n) is 3.06. The normalized spacial score (nSPS) is 23.7. The molecule has 3 heterocycles. The van der Waals surface area contributed by atoms with E-state index in [-0.39, 0.29) is 18.4 Å². The number of aryl methyl sites for hydroxylation is 1. The lowest BCUT2D eigenvalue weighted by Crippen LogP contribution is -2.49. The van der Waals surface area contributed by atoms with E-state index in [1.165, 1.54) is 0 Å². The molecule has 1 aromatic heterocycles. The molecule has 0 spiro atoms. The Labute approximate surface area is 135 Å². The zero-order chi connectivity index (χ0) is 16.3. The van der Waals surface area contributed by atoms with Crippen LogP contribution in [0, 0.1) is 12.8 Å². The van der Waals surface area contributed by atoms with Crippen molar-refractivity contribution in [2.45, 2.75) is 31.9 Å². The summed E-state index contributed by atoms with van der Waals surface area (Å²) >= 11 is 0. The van der Waals surface area contributed by atoms with Crippen molar-refractivity contribution in [2.24, 2.45) is 5.92 Å². The molecule has 2 fully saturated rings. The quantitative estimate of drug-likeness (QED) is 0.903. The molecule has 1 amide bonds. The molecule has 2 aliphatic rings. The van der Waals surface area contributed by atoms with Crippen LogP contribution >= 0.6 is 0 Å². The molecule has 0 saturated carbocycles. The fourth-order valence-corrected chi connectivity index (χ4v) is 3.06. The summed E-state index contributed by atoms with van der Waals surface area (Å²) in [5, 5.41) is 2.76. The van der Waals surface area contributed by atoms with Gasteiger partial charge in [-0.2, -0.15) is 0 Å². The summed E-state index contributed by atoms with van der Waals surface area (Å²) in [4.78, 5) is 22.5. The van der Waals surface area contributed by atoms with Crippen molar-refractivity contribution in [3.05, 3.63) is 18.1 Å². The van der Waals surface area contributed by atoms with Gasteiger partial charge in [0.25, 0.3) is 0 Å². The van der Waals surface area contributed by atoms with E-state index in [1.54, 1.807) is 6.20 Å². The number of anilines is 1. The number of halogens is 1. The Balaban J connectivity index is 1.49. The number of rotatable bonds is 4. The van der Waals surface area contributed by atoms with E-state index in [2.05, 4.69) is 20.2 Å². The first-order valence-electron chi connectivity index (χ1n) is 8.15. The van der Waals surface area contributed by atoms with Crippen LogP contribution in [0.3, 0.4) is 0 Å². The molecule has 0 radical (unpaired) electrons. The van der Waals surface area contributed by atoms with E-state index < -0.39 is 5.67 Å². The smallest absolute Gasteiger partial charge is 0.225 e. The minimum absolute atomic E-state index is 0.0823. The highest BCUT2D eigenvalue weighted by Gasteiger charge is 2.36. The molecule has 2 saturated heterocycles. The number of nitrogens with zero attached hydrogens (tertiary/aromatic N) is 3. The second-order valence-corrected chi connectivity index (χ2v) is 6.38. The highest BCUT2D eigenvalue weighted by molar-refractivity contribution is 5.79. The van der Waals surface area contributed by atoms with E-state index in [9.17, 15) is 9.18 Å². The number of alkyl halides is 1. The second kappa shape index (κ2) is 6.78. The maximum absolute atomic E-state index is 14.9. The van der Waals surface area contributed by atoms with Crippen molar-refractivity contribution in [1.82, 2.24) is 15.3 Å². The van der Waals surface area contributed by atoms with E-state index in [4.69, 9.17) is 4.74 Å². The zero-order valence-electron chi connectivity index (χ0n) is 13.4. The SMILES string of the molecule is Cc1nccc(N2CCC(F)(CNC(=O)C3CCOC3)CC2)n1. The van der Waals surface area contributed by atoms with Gasteiger partial charge in [0.1, 0.15) is 17.3 Å². The molecule has 23 heavy (non-hydrogen) atoms. The van der Waals surface area contributed by atoms with Gasteiger partial charge in [0.2, 0.25) is 5.91 Å². The summed E-state index contributed by atoms with van der Waals surface area (Å²) in [6, 6.07) is 1.85. The monoisotopic (exact) mass is 322 g/mol. The van der Waals surface area contributed by atoms with Crippen LogP contribution in [0.1, 0.15) is 25.1 Å². The number of hydrogen-bond donors (Lipinski definition) is 1. The van der Waals surface area contributed by atoms with Crippen molar-refractivity contribution in [1.29, 1.82) is 0 Å². The number of hydrogen-bond acceptors (Lipinski definition) is 5. The fraction of sp³-hybridized carbons (Fsp3) is 0.688. The lowest BCUT2D eigenvalue weighted by atomic mass is 9.93. The number of aromatic nitrogens is 2. The highest BCUT2D eigenvalue weighted by atomic mass is 19.1. The molecule has 1 N–H and O–H groups in total. The maximum atomic E-state index is 14.9. The Hall–Kier alpha value is -1.76. The first-order chi connectivity index (χ1) is 11.1. The van der Waals surface area contributed by atoms with Crippen LogP contribution in [0.25, 0.3) is 0 Å². The average Bonchev–Trinajstić information content (AvgIpc) is 3.08. The van der Waals surface area contributed by atoms with Gasteiger partial charge >= 0.3 is 0 Å². The Kier molecular flexibility index (Phi) is 4.75. The van der Waals surface area contributed by atoms with Crippen LogP contribution in [0.4, 0.5) is 10.2 Å². The molecule has 3 rings (SSSR count). The Morgan fingerprint density at radius 1 is 1.52 bits per heavy atom. The predicted molar refractivity (Wildman–Crippen MR) is 84.0 cm³/mol. The molecule has 1 unspecified atom stereocenters. The summed E-state index contributed by atoms with van der Waals surface area (Å²) in [7, 11) is 0. The molecule has 126 valence electrons. The highest BCUT2D eigenvalue weighted by Crippen LogP contribution is 2.28. The van der Waals surface area contributed by atoms with Gasteiger partial charge in [0, 0.05) is 38.7 Å². The summed E-state index contributed by atoms with van der Waals surface area (Å²) < 4.78 is 20.1. The number of carbonyl (C=O) groups is 1. The van der Waals surface area contributed by atoms with Gasteiger partial charge in [0.05, 0.1) is 19.1 Å². The molecule has 0 bridgehead atoms. The minimum Gasteiger partial charge on any atom is -0.381 e. The van der Waals surface area contributed by atoms with E-state index in [0.717, 1.165) is 12.2 Å². The van der Waals surface area contributed by atoms with Crippen molar-refractivity contribution in [2.75, 3.05) is 37.7 Å². The van der Waals surface area contributed by atoms with Crippen LogP contribution in [0.5, 0.6) is 0 Å². The van der Waals surface area contributed by atoms with Crippen LogP contribution in [-0.2, 0) is 9.53 Å². The summed E-state index contributed by atoms with van der Waals surface area (Å²) in [6.07, 6.45) is 3.22. The van der Waals surface area contributed by atoms with Crippen LogP contribution in [0.2, 0.25) is 0 Å². The third-order valence-electron chi connectivity index (χ3n) is 4.62. The standard InChI is InChI=1S/C16H23FN4O2/c1-12-18-6-2-14(20-12)21-7-4-16(17,5-8-21)11-19-15(22)13-3-9-23-10-13/h2,6,13H,3-5,7-11H2,1H3,(H,19,22). The number of ether oxygens (including phenoxy) is 1. The number of amides is 1. The number of nitrogens with one attached hydrogen (secondary N) is 1. The average molecular weight is 322 g/mol. The minimum atomic E-state index is -1.34. The van der Waals surface area contributed by atoms with Crippen molar-refractivity contribution in [3.63, 3.8) is 0 Å². The van der Waals surface area contributed by atoms with Gasteiger partial charge in [-0.3, -0.25) is 4.79 Å². The molecular formula is C16H23FN4O2. The molecule has 1 aromatic rings. The van der Waals surface area contributed by atoms with Crippen LogP contribution in [0.15, 0.2) is 12.3 Å². The second-order valence-electron chi connectivity index (χ2n) is 6.38. The van der Waals surface area contributed by atoms with Gasteiger partial charge < -0.3 is 15.0 Å². The first-order valence-corrected chi connectivity index (χ1v) is 8.15. The van der Waals surface area contributed by atoms with E-state index >= 15 is 0 Å². The van der Waals surface area contributed by atoms with Gasteiger partial charge in [-0.1, -0.05) is 0 Å². The van der Waals surface area contributed by atoms with Gasteiger partial charge in [-0.05, 0) is 19.4 Å². The molecule has 6 nitrogen and oxygen atoms in total. The lowest BCUT2D eigenvalue weighted by molar-refractivity contribution is -0.125. The number of carbonyl (C=O) groups excluding carboxylic acids is 1. The summed E-state index contributed by atoms with van der Waals surface area (Å²) in [5.74, 6) is 1.34. The van der Waals surface area contributed by atoms with E-state index in [0.29, 0.717) is 45.0 Å². The topological polar surface area (TPSA) is 67.4 Å². The van der Waals surface area contributed by atoms with Crippen molar-refractivity contribution < 1.29 is 13.9 Å². The van der Waals surface area contributed by atoms with Crippen molar-refractivity contribution in [3.8, 4) is 0 Å². The predicted octanol–water partition coefficient (Wildman–Crippen LogP) is 1.25. The van der Waals surface area contributed by atoms with Crippen molar-refractivity contribution >= 4 is 11.7 Å². The van der Waals surface area contributed by atoms with Gasteiger partial charge in [0.15, 0.2) is 0 Å². The Bertz CT molecular complexity index is 555. The van der Waals surface area contributed by atoms with Crippen LogP contribution < -0.4 is 10.2 Å². The molecular weight excluding hydrogens is 299 g/mol. The van der Waals surface area contributed by atoms with Gasteiger partial charge in [-0.25, -0.2) is 14.4 Å². The third-order valence-corrected chi connectivity index (χ3v) is 4.62. The van der Waals surface area contributed by atoms with E-state index in [1.807, 2.05) is 13.0 Å². The summed E-state index contributed by atoms with van der Waals surface area (Å²) in [5.41, 5.74) is -1.34. The molecule has 7 heteroatoms. The first kappa shape index (κ1) is 16.1. The number of piperidine rings is 1. The maximum Gasteiger partial charge on any atom is 0.225 e. The molecule has 0 aromatic carbocycles. The van der Waals surface area contributed by atoms with Crippen LogP contribution in [-0.4, -0.2) is 54.4 Å².